The average molecular weight is 398 g/mol. The zero-order chi connectivity index (χ0) is 15.0. The zero-order valence-electron chi connectivity index (χ0n) is 12.3. The van der Waals surface area contributed by atoms with Crippen molar-refractivity contribution >= 4 is 22.6 Å². The van der Waals surface area contributed by atoms with Gasteiger partial charge in [-0.3, -0.25) is 14.0 Å². The maximum atomic E-state index is 12.6. The van der Waals surface area contributed by atoms with Crippen molar-refractivity contribution in [2.24, 2.45) is 7.05 Å². The molecule has 0 aromatic carbocycles. The highest BCUT2D eigenvalue weighted by Crippen LogP contribution is 2.32. The van der Waals surface area contributed by atoms with Crippen molar-refractivity contribution in [1.82, 2.24) is 19.3 Å². The van der Waals surface area contributed by atoms with Crippen molar-refractivity contribution in [3.05, 3.63) is 32.0 Å². The summed E-state index contributed by atoms with van der Waals surface area (Å²) in [6.45, 7) is 2.08. The van der Waals surface area contributed by atoms with Gasteiger partial charge in [-0.05, 0) is 41.9 Å². The molecule has 1 aliphatic rings. The van der Waals surface area contributed by atoms with Crippen molar-refractivity contribution in [2.75, 3.05) is 0 Å². The minimum Gasteiger partial charge on any atom is -0.289 e. The van der Waals surface area contributed by atoms with Gasteiger partial charge in [0, 0.05) is 25.5 Å². The lowest BCUT2D eigenvalue weighted by atomic mass is 10.1. The predicted octanol–water partition coefficient (Wildman–Crippen LogP) is 2.93. The van der Waals surface area contributed by atoms with Gasteiger partial charge in [-0.25, -0.2) is 4.98 Å². The van der Waals surface area contributed by atoms with E-state index >= 15 is 0 Å². The van der Waals surface area contributed by atoms with E-state index in [0.717, 1.165) is 36.3 Å². The Hall–Kier alpha value is -1.18. The molecule has 0 unspecified atom stereocenters. The normalized spacial score (nSPS) is 15.8. The van der Waals surface area contributed by atoms with Crippen LogP contribution in [-0.2, 0) is 13.5 Å². The third-order valence-electron chi connectivity index (χ3n) is 4.12. The fraction of sp³-hybridized carbons (Fsp3) is 0.533. The summed E-state index contributed by atoms with van der Waals surface area (Å²) in [5.74, 6) is 0.775. The molecule has 2 aromatic rings. The summed E-state index contributed by atoms with van der Waals surface area (Å²) in [6.07, 6.45) is 9.00. The third-order valence-corrected chi connectivity index (χ3v) is 4.86. The molecule has 1 fully saturated rings. The Bertz CT molecular complexity index is 713. The number of rotatable bonds is 3. The van der Waals surface area contributed by atoms with E-state index in [0.29, 0.717) is 3.57 Å². The molecule has 0 aliphatic heterocycles. The van der Waals surface area contributed by atoms with Gasteiger partial charge in [-0.1, -0.05) is 19.8 Å². The van der Waals surface area contributed by atoms with Crippen LogP contribution in [0, 0.1) is 3.57 Å². The topological polar surface area (TPSA) is 52.7 Å². The van der Waals surface area contributed by atoms with Crippen LogP contribution in [-0.4, -0.2) is 19.3 Å². The highest BCUT2D eigenvalue weighted by atomic mass is 127. The number of halogens is 1. The number of aryl methyl sites for hydroxylation is 2. The molecule has 0 atom stereocenters. The maximum Gasteiger partial charge on any atom is 0.267 e. The molecule has 5 nitrogen and oxygen atoms in total. The molecule has 1 saturated carbocycles. The van der Waals surface area contributed by atoms with Gasteiger partial charge >= 0.3 is 0 Å². The Kier molecular flexibility index (Phi) is 4.14. The second-order valence-corrected chi connectivity index (χ2v) is 6.72. The van der Waals surface area contributed by atoms with Crippen molar-refractivity contribution < 1.29 is 0 Å². The van der Waals surface area contributed by atoms with E-state index in [4.69, 9.17) is 0 Å². The summed E-state index contributed by atoms with van der Waals surface area (Å²) >= 11 is 2.08. The quantitative estimate of drug-likeness (QED) is 0.748. The van der Waals surface area contributed by atoms with Crippen LogP contribution in [0.15, 0.2) is 17.2 Å². The van der Waals surface area contributed by atoms with Gasteiger partial charge in [0.25, 0.3) is 5.56 Å². The standard InChI is InChI=1S/C15H19IN4O/c1-3-13-11(9-19(2)18-13)14-17-8-12(16)15(21)20(14)10-6-4-5-7-10/h8-10H,3-7H2,1-2H3. The Morgan fingerprint density at radius 3 is 2.76 bits per heavy atom. The van der Waals surface area contributed by atoms with Crippen molar-refractivity contribution in [1.29, 1.82) is 0 Å². The number of aromatic nitrogens is 4. The Morgan fingerprint density at radius 2 is 2.10 bits per heavy atom. The van der Waals surface area contributed by atoms with Crippen LogP contribution >= 0.6 is 22.6 Å². The molecule has 6 heteroatoms. The molecule has 2 heterocycles. The Balaban J connectivity index is 2.22. The highest BCUT2D eigenvalue weighted by Gasteiger charge is 2.24. The molecule has 0 radical (unpaired) electrons. The van der Waals surface area contributed by atoms with E-state index in [1.807, 2.05) is 17.8 Å². The molecule has 0 saturated heterocycles. The maximum absolute atomic E-state index is 12.6. The number of hydrogen-bond acceptors (Lipinski definition) is 3. The minimum atomic E-state index is 0.0819. The van der Waals surface area contributed by atoms with Crippen LogP contribution < -0.4 is 5.56 Å². The van der Waals surface area contributed by atoms with Crippen LogP contribution in [0.1, 0.15) is 44.3 Å². The summed E-state index contributed by atoms with van der Waals surface area (Å²) in [7, 11) is 1.91. The second-order valence-electron chi connectivity index (χ2n) is 5.56. The van der Waals surface area contributed by atoms with Crippen molar-refractivity contribution in [2.45, 2.75) is 45.1 Å². The molecule has 0 spiro atoms. The van der Waals surface area contributed by atoms with E-state index in [-0.39, 0.29) is 11.6 Å². The summed E-state index contributed by atoms with van der Waals surface area (Å²) in [6, 6.07) is 0.277. The molecule has 3 rings (SSSR count). The van der Waals surface area contributed by atoms with Crippen LogP contribution in [0.4, 0.5) is 0 Å². The molecule has 0 bridgehead atoms. The van der Waals surface area contributed by atoms with E-state index in [9.17, 15) is 4.79 Å². The minimum absolute atomic E-state index is 0.0819. The summed E-state index contributed by atoms with van der Waals surface area (Å²) in [4.78, 5) is 17.2. The molecular formula is C15H19IN4O. The molecule has 0 amide bonds. The highest BCUT2D eigenvalue weighted by molar-refractivity contribution is 14.1. The van der Waals surface area contributed by atoms with Crippen LogP contribution in [0.5, 0.6) is 0 Å². The lowest BCUT2D eigenvalue weighted by molar-refractivity contribution is 0.499. The first-order valence-electron chi connectivity index (χ1n) is 7.41. The zero-order valence-corrected chi connectivity index (χ0v) is 14.5. The largest absolute Gasteiger partial charge is 0.289 e. The molecular weight excluding hydrogens is 379 g/mol. The monoisotopic (exact) mass is 398 g/mol. The van der Waals surface area contributed by atoms with E-state index in [1.54, 1.807) is 10.9 Å². The molecule has 2 aromatic heterocycles. The SMILES string of the molecule is CCc1nn(C)cc1-c1ncc(I)c(=O)n1C1CCCC1. The van der Waals surface area contributed by atoms with Crippen molar-refractivity contribution in [3.8, 4) is 11.4 Å². The summed E-state index contributed by atoms with van der Waals surface area (Å²) in [5, 5.41) is 4.48. The summed E-state index contributed by atoms with van der Waals surface area (Å²) < 4.78 is 4.40. The van der Waals surface area contributed by atoms with Gasteiger partial charge in [-0.15, -0.1) is 0 Å². The summed E-state index contributed by atoms with van der Waals surface area (Å²) in [5.41, 5.74) is 2.07. The van der Waals surface area contributed by atoms with Gasteiger partial charge in [0.05, 0.1) is 14.8 Å². The number of nitrogens with zero attached hydrogens (tertiary/aromatic N) is 4. The van der Waals surface area contributed by atoms with Crippen molar-refractivity contribution in [3.63, 3.8) is 0 Å². The van der Waals surface area contributed by atoms with Crippen LogP contribution in [0.3, 0.4) is 0 Å². The lowest BCUT2D eigenvalue weighted by Gasteiger charge is -2.18. The molecule has 0 N–H and O–H groups in total. The molecule has 1 aliphatic carbocycles. The first-order chi connectivity index (χ1) is 10.1. The molecule has 112 valence electrons. The van der Waals surface area contributed by atoms with Gasteiger partial charge in [0.1, 0.15) is 5.82 Å². The van der Waals surface area contributed by atoms with Crippen LogP contribution in [0.25, 0.3) is 11.4 Å². The van der Waals surface area contributed by atoms with E-state index in [2.05, 4.69) is 39.6 Å². The first-order valence-corrected chi connectivity index (χ1v) is 8.49. The smallest absolute Gasteiger partial charge is 0.267 e. The predicted molar refractivity (Wildman–Crippen MR) is 90.3 cm³/mol. The fourth-order valence-electron chi connectivity index (χ4n) is 3.13. The average Bonchev–Trinajstić information content (AvgIpc) is 3.10. The lowest BCUT2D eigenvalue weighted by Crippen LogP contribution is -2.28. The fourth-order valence-corrected chi connectivity index (χ4v) is 3.53. The van der Waals surface area contributed by atoms with Crippen LogP contribution in [0.2, 0.25) is 0 Å². The number of hydrogen-bond donors (Lipinski definition) is 0. The molecule has 21 heavy (non-hydrogen) atoms. The second kappa shape index (κ2) is 5.90. The van der Waals surface area contributed by atoms with Gasteiger partial charge in [0.2, 0.25) is 0 Å². The Morgan fingerprint density at radius 1 is 1.38 bits per heavy atom. The van der Waals surface area contributed by atoms with E-state index < -0.39 is 0 Å². The Labute approximate surface area is 137 Å². The van der Waals surface area contributed by atoms with Gasteiger partial charge in [-0.2, -0.15) is 5.10 Å². The third kappa shape index (κ3) is 2.65. The first kappa shape index (κ1) is 14.7. The van der Waals surface area contributed by atoms with E-state index in [1.165, 1.54) is 12.8 Å². The van der Waals surface area contributed by atoms with Gasteiger partial charge in [0.15, 0.2) is 0 Å². The van der Waals surface area contributed by atoms with Gasteiger partial charge < -0.3 is 0 Å².